The van der Waals surface area contributed by atoms with Crippen molar-refractivity contribution in [2.45, 2.75) is 25.2 Å². The van der Waals surface area contributed by atoms with Crippen molar-refractivity contribution < 1.29 is 9.53 Å². The summed E-state index contributed by atoms with van der Waals surface area (Å²) in [6, 6.07) is 16.9. The first kappa shape index (κ1) is 18.7. The molecule has 0 atom stereocenters. The van der Waals surface area contributed by atoms with Gasteiger partial charge in [0.2, 0.25) is 0 Å². The van der Waals surface area contributed by atoms with Gasteiger partial charge in [-0.3, -0.25) is 0 Å². The standard InChI is InChI=1S/C23H29N3O2/c1-18-3-5-19(6-4-18)23(11-12-23)17-24-22(27)26-15-13-25(14-16-26)20-7-9-21(28-2)10-8-20/h3-10H,11-17H2,1-2H3,(H,24,27). The maximum Gasteiger partial charge on any atom is 0.317 e. The third-order valence-electron chi connectivity index (χ3n) is 6.10. The summed E-state index contributed by atoms with van der Waals surface area (Å²) in [5, 5.41) is 3.19. The molecule has 1 aliphatic carbocycles. The summed E-state index contributed by atoms with van der Waals surface area (Å²) < 4.78 is 5.22. The highest BCUT2D eigenvalue weighted by Gasteiger charge is 2.44. The fourth-order valence-corrected chi connectivity index (χ4v) is 3.94. The lowest BCUT2D eigenvalue weighted by Gasteiger charge is -2.36. The number of anilines is 1. The summed E-state index contributed by atoms with van der Waals surface area (Å²) in [6.07, 6.45) is 2.31. The monoisotopic (exact) mass is 379 g/mol. The van der Waals surface area contributed by atoms with Crippen LogP contribution in [0.1, 0.15) is 24.0 Å². The van der Waals surface area contributed by atoms with Gasteiger partial charge in [0, 0.05) is 43.8 Å². The van der Waals surface area contributed by atoms with E-state index in [-0.39, 0.29) is 11.4 Å². The number of benzene rings is 2. The Balaban J connectivity index is 1.28. The molecule has 148 valence electrons. The second-order valence-corrected chi connectivity index (χ2v) is 7.98. The zero-order valence-electron chi connectivity index (χ0n) is 16.8. The van der Waals surface area contributed by atoms with E-state index < -0.39 is 0 Å². The fraction of sp³-hybridized carbons (Fsp3) is 0.435. The number of carbonyl (C=O) groups excluding carboxylic acids is 1. The van der Waals surface area contributed by atoms with Gasteiger partial charge in [-0.05, 0) is 49.6 Å². The van der Waals surface area contributed by atoms with Gasteiger partial charge in [-0.2, -0.15) is 0 Å². The molecular weight excluding hydrogens is 350 g/mol. The largest absolute Gasteiger partial charge is 0.497 e. The molecule has 2 fully saturated rings. The molecule has 1 saturated carbocycles. The number of ether oxygens (including phenoxy) is 1. The number of methoxy groups -OCH3 is 1. The Morgan fingerprint density at radius 3 is 2.21 bits per heavy atom. The number of nitrogens with zero attached hydrogens (tertiary/aromatic N) is 2. The molecule has 0 spiro atoms. The average Bonchev–Trinajstić information content (AvgIpc) is 3.54. The number of carbonyl (C=O) groups is 1. The molecule has 1 N–H and O–H groups in total. The molecule has 0 bridgehead atoms. The zero-order valence-corrected chi connectivity index (χ0v) is 16.8. The minimum Gasteiger partial charge on any atom is -0.497 e. The Labute approximate surface area is 167 Å². The minimum atomic E-state index is 0.0627. The normalized spacial score (nSPS) is 17.9. The van der Waals surface area contributed by atoms with Crippen LogP contribution in [0.5, 0.6) is 5.75 Å². The molecule has 28 heavy (non-hydrogen) atoms. The average molecular weight is 380 g/mol. The van der Waals surface area contributed by atoms with Crippen LogP contribution in [0.2, 0.25) is 0 Å². The maximum absolute atomic E-state index is 12.7. The molecule has 1 heterocycles. The van der Waals surface area contributed by atoms with Crippen molar-refractivity contribution >= 4 is 11.7 Å². The number of amides is 2. The topological polar surface area (TPSA) is 44.8 Å². The van der Waals surface area contributed by atoms with Gasteiger partial charge < -0.3 is 19.9 Å². The summed E-state index contributed by atoms with van der Waals surface area (Å²) in [5.41, 5.74) is 3.95. The number of nitrogens with one attached hydrogen (secondary N) is 1. The fourth-order valence-electron chi connectivity index (χ4n) is 3.94. The highest BCUT2D eigenvalue weighted by molar-refractivity contribution is 5.75. The first-order chi connectivity index (χ1) is 13.6. The molecule has 2 aromatic carbocycles. The predicted octanol–water partition coefficient (Wildman–Crippen LogP) is 3.57. The van der Waals surface area contributed by atoms with Gasteiger partial charge in [0.05, 0.1) is 7.11 Å². The van der Waals surface area contributed by atoms with Gasteiger partial charge in [-0.1, -0.05) is 29.8 Å². The second kappa shape index (κ2) is 7.74. The summed E-state index contributed by atoms with van der Waals surface area (Å²) in [7, 11) is 1.68. The molecule has 0 radical (unpaired) electrons. The number of urea groups is 1. The van der Waals surface area contributed by atoms with E-state index >= 15 is 0 Å². The van der Waals surface area contributed by atoms with Crippen LogP contribution in [0.4, 0.5) is 10.5 Å². The van der Waals surface area contributed by atoms with Gasteiger partial charge >= 0.3 is 6.03 Å². The van der Waals surface area contributed by atoms with Crippen LogP contribution in [0.25, 0.3) is 0 Å². The highest BCUT2D eigenvalue weighted by atomic mass is 16.5. The van der Waals surface area contributed by atoms with E-state index in [1.54, 1.807) is 7.11 Å². The summed E-state index contributed by atoms with van der Waals surface area (Å²) in [4.78, 5) is 16.9. The zero-order chi connectivity index (χ0) is 19.6. The number of piperazine rings is 1. The van der Waals surface area contributed by atoms with Crippen LogP contribution in [0.3, 0.4) is 0 Å². The molecule has 1 aliphatic heterocycles. The lowest BCUT2D eigenvalue weighted by molar-refractivity contribution is 0.193. The summed E-state index contributed by atoms with van der Waals surface area (Å²) >= 11 is 0. The van der Waals surface area contributed by atoms with Crippen LogP contribution in [-0.4, -0.2) is 50.8 Å². The number of hydrogen-bond acceptors (Lipinski definition) is 3. The van der Waals surface area contributed by atoms with E-state index in [9.17, 15) is 4.79 Å². The van der Waals surface area contributed by atoms with E-state index in [0.29, 0.717) is 0 Å². The second-order valence-electron chi connectivity index (χ2n) is 7.98. The smallest absolute Gasteiger partial charge is 0.317 e. The molecule has 0 aromatic heterocycles. The van der Waals surface area contributed by atoms with Crippen LogP contribution >= 0.6 is 0 Å². The highest BCUT2D eigenvalue weighted by Crippen LogP contribution is 2.47. The molecular formula is C23H29N3O2. The van der Waals surface area contributed by atoms with Crippen molar-refractivity contribution in [3.63, 3.8) is 0 Å². The molecule has 1 saturated heterocycles. The van der Waals surface area contributed by atoms with Crippen molar-refractivity contribution in [3.8, 4) is 5.75 Å². The Morgan fingerprint density at radius 1 is 1.00 bits per heavy atom. The Hall–Kier alpha value is -2.69. The molecule has 4 rings (SSSR count). The van der Waals surface area contributed by atoms with Gasteiger partial charge in [0.15, 0.2) is 0 Å². The van der Waals surface area contributed by atoms with Gasteiger partial charge in [0.1, 0.15) is 5.75 Å². The maximum atomic E-state index is 12.7. The van der Waals surface area contributed by atoms with Gasteiger partial charge in [0.25, 0.3) is 0 Å². The SMILES string of the molecule is COc1ccc(N2CCN(C(=O)NCC3(c4ccc(C)cc4)CC3)CC2)cc1. The first-order valence-electron chi connectivity index (χ1n) is 10.1. The molecule has 5 heteroatoms. The van der Waals surface area contributed by atoms with E-state index in [2.05, 4.69) is 53.5 Å². The van der Waals surface area contributed by atoms with Crippen molar-refractivity contribution in [3.05, 3.63) is 59.7 Å². The molecule has 5 nitrogen and oxygen atoms in total. The van der Waals surface area contributed by atoms with Crippen LogP contribution in [0, 0.1) is 6.92 Å². The number of aryl methyl sites for hydroxylation is 1. The Morgan fingerprint density at radius 2 is 1.64 bits per heavy atom. The number of rotatable bonds is 5. The van der Waals surface area contributed by atoms with Crippen molar-refractivity contribution in [2.24, 2.45) is 0 Å². The van der Waals surface area contributed by atoms with Crippen molar-refractivity contribution in [1.82, 2.24) is 10.2 Å². The molecule has 2 amide bonds. The molecule has 0 unspecified atom stereocenters. The predicted molar refractivity (Wildman–Crippen MR) is 112 cm³/mol. The van der Waals surface area contributed by atoms with Gasteiger partial charge in [-0.15, -0.1) is 0 Å². The first-order valence-corrected chi connectivity index (χ1v) is 10.1. The summed E-state index contributed by atoms with van der Waals surface area (Å²) in [5.74, 6) is 0.865. The van der Waals surface area contributed by atoms with E-state index in [1.807, 2.05) is 17.0 Å². The quantitative estimate of drug-likeness (QED) is 0.864. The van der Waals surface area contributed by atoms with E-state index in [4.69, 9.17) is 4.74 Å². The van der Waals surface area contributed by atoms with Gasteiger partial charge in [-0.25, -0.2) is 4.79 Å². The van der Waals surface area contributed by atoms with E-state index in [1.165, 1.54) is 16.8 Å². The lowest BCUT2D eigenvalue weighted by Crippen LogP contribution is -2.52. The van der Waals surface area contributed by atoms with Crippen molar-refractivity contribution in [1.29, 1.82) is 0 Å². The third-order valence-corrected chi connectivity index (χ3v) is 6.10. The van der Waals surface area contributed by atoms with Crippen LogP contribution in [-0.2, 0) is 5.41 Å². The van der Waals surface area contributed by atoms with Crippen LogP contribution in [0.15, 0.2) is 48.5 Å². The molecule has 2 aliphatic rings. The van der Waals surface area contributed by atoms with Crippen molar-refractivity contribution in [2.75, 3.05) is 44.7 Å². The van der Waals surface area contributed by atoms with E-state index in [0.717, 1.165) is 51.3 Å². The Kier molecular flexibility index (Phi) is 5.16. The minimum absolute atomic E-state index is 0.0627. The lowest BCUT2D eigenvalue weighted by atomic mass is 9.95. The number of hydrogen-bond donors (Lipinski definition) is 1. The Bertz CT molecular complexity index is 805. The third kappa shape index (κ3) is 3.93. The summed E-state index contributed by atoms with van der Waals surface area (Å²) in [6.45, 7) is 6.03. The van der Waals surface area contributed by atoms with Crippen LogP contribution < -0.4 is 15.0 Å². The molecule has 2 aromatic rings.